The molecule has 0 aromatic rings. The van der Waals surface area contributed by atoms with E-state index in [1.807, 2.05) is 4.90 Å². The minimum absolute atomic E-state index is 0.112. The Bertz CT molecular complexity index is 252. The Balaban J connectivity index is 1.72. The number of nitrogens with one attached hydrogen (secondary N) is 1. The predicted octanol–water partition coefficient (Wildman–Crippen LogP) is 2.00. The van der Waals surface area contributed by atoms with Crippen LogP contribution in [0, 0.1) is 5.41 Å². The van der Waals surface area contributed by atoms with E-state index in [1.54, 1.807) is 0 Å². The first-order valence-electron chi connectivity index (χ1n) is 6.88. The van der Waals surface area contributed by atoms with Gasteiger partial charge in [0.05, 0.1) is 6.61 Å². The molecule has 2 fully saturated rings. The zero-order valence-corrected chi connectivity index (χ0v) is 10.8. The molecule has 0 bridgehead atoms. The smallest absolute Gasteiger partial charge is 0.409 e. The first-order valence-corrected chi connectivity index (χ1v) is 6.88. The summed E-state index contributed by atoms with van der Waals surface area (Å²) in [5, 5.41) is 3.43. The van der Waals surface area contributed by atoms with Gasteiger partial charge in [0.25, 0.3) is 0 Å². The summed E-state index contributed by atoms with van der Waals surface area (Å²) < 4.78 is 5.24. The van der Waals surface area contributed by atoms with Gasteiger partial charge < -0.3 is 15.0 Å². The van der Waals surface area contributed by atoms with Crippen molar-refractivity contribution in [3.8, 4) is 0 Å². The number of nitrogens with zero attached hydrogens (tertiary/aromatic N) is 1. The molecule has 0 aliphatic carbocycles. The van der Waals surface area contributed by atoms with E-state index in [2.05, 4.69) is 12.2 Å². The highest BCUT2D eigenvalue weighted by Crippen LogP contribution is 2.36. The second kappa shape index (κ2) is 5.71. The monoisotopic (exact) mass is 240 g/mol. The fraction of sp³-hybridized carbons (Fsp3) is 0.923. The summed E-state index contributed by atoms with van der Waals surface area (Å²) >= 11 is 0. The van der Waals surface area contributed by atoms with Gasteiger partial charge in [-0.05, 0) is 37.6 Å². The number of amides is 1. The van der Waals surface area contributed by atoms with Gasteiger partial charge in [-0.1, -0.05) is 13.3 Å². The van der Waals surface area contributed by atoms with Gasteiger partial charge in [-0.2, -0.15) is 0 Å². The molecule has 2 saturated heterocycles. The first kappa shape index (κ1) is 12.7. The third-order valence-electron chi connectivity index (χ3n) is 4.14. The van der Waals surface area contributed by atoms with Crippen molar-refractivity contribution in [1.29, 1.82) is 0 Å². The van der Waals surface area contributed by atoms with Crippen LogP contribution >= 0.6 is 0 Å². The Kier molecular flexibility index (Phi) is 4.26. The maximum atomic E-state index is 11.8. The van der Waals surface area contributed by atoms with Crippen LogP contribution in [0.5, 0.6) is 0 Å². The Morgan fingerprint density at radius 3 is 2.71 bits per heavy atom. The van der Waals surface area contributed by atoms with Crippen molar-refractivity contribution in [3.63, 3.8) is 0 Å². The topological polar surface area (TPSA) is 41.6 Å². The molecule has 2 rings (SSSR count). The molecule has 0 atom stereocenters. The molecule has 17 heavy (non-hydrogen) atoms. The van der Waals surface area contributed by atoms with E-state index in [4.69, 9.17) is 4.74 Å². The van der Waals surface area contributed by atoms with Crippen LogP contribution in [-0.4, -0.2) is 43.8 Å². The third kappa shape index (κ3) is 3.12. The van der Waals surface area contributed by atoms with Crippen LogP contribution in [0.2, 0.25) is 0 Å². The van der Waals surface area contributed by atoms with Crippen molar-refractivity contribution >= 4 is 6.09 Å². The number of carbonyl (C=O) groups is 1. The summed E-state index contributed by atoms with van der Waals surface area (Å²) in [6.45, 7) is 6.68. The molecule has 0 unspecified atom stereocenters. The van der Waals surface area contributed by atoms with Gasteiger partial charge in [0.2, 0.25) is 0 Å². The second-order valence-corrected chi connectivity index (χ2v) is 5.38. The molecular formula is C13H24N2O2. The van der Waals surface area contributed by atoms with E-state index in [0.29, 0.717) is 12.0 Å². The van der Waals surface area contributed by atoms with Gasteiger partial charge in [0, 0.05) is 19.6 Å². The van der Waals surface area contributed by atoms with Crippen molar-refractivity contribution in [2.45, 2.75) is 39.0 Å². The van der Waals surface area contributed by atoms with Gasteiger partial charge >= 0.3 is 6.09 Å². The molecule has 98 valence electrons. The quantitative estimate of drug-likeness (QED) is 0.767. The van der Waals surface area contributed by atoms with E-state index < -0.39 is 0 Å². The molecule has 1 amide bonds. The lowest BCUT2D eigenvalue weighted by Gasteiger charge is -2.38. The molecule has 0 aromatic carbocycles. The maximum Gasteiger partial charge on any atom is 0.409 e. The lowest BCUT2D eigenvalue weighted by molar-refractivity contribution is 0.0700. The van der Waals surface area contributed by atoms with Crippen LogP contribution in [0.3, 0.4) is 0 Å². The fourth-order valence-electron chi connectivity index (χ4n) is 2.78. The van der Waals surface area contributed by atoms with Crippen LogP contribution in [0.15, 0.2) is 0 Å². The number of carbonyl (C=O) groups excluding carboxylic acids is 1. The van der Waals surface area contributed by atoms with Crippen molar-refractivity contribution in [2.24, 2.45) is 5.41 Å². The number of piperidine rings is 1. The number of likely N-dealkylation sites (tertiary alicyclic amines) is 1. The summed E-state index contributed by atoms with van der Waals surface area (Å²) in [7, 11) is 0. The van der Waals surface area contributed by atoms with Gasteiger partial charge in [-0.25, -0.2) is 4.79 Å². The molecule has 4 nitrogen and oxygen atoms in total. The standard InChI is InChI=1S/C13H24N2O2/c1-2-3-10-17-12(16)15-8-5-13(6-9-15)4-7-14-11-13/h14H,2-11H2,1H3. The van der Waals surface area contributed by atoms with Gasteiger partial charge in [0.15, 0.2) is 0 Å². The average Bonchev–Trinajstić information content (AvgIpc) is 2.79. The van der Waals surface area contributed by atoms with E-state index >= 15 is 0 Å². The molecule has 0 aromatic heterocycles. The van der Waals surface area contributed by atoms with Crippen molar-refractivity contribution in [1.82, 2.24) is 10.2 Å². The fourth-order valence-corrected chi connectivity index (χ4v) is 2.78. The summed E-state index contributed by atoms with van der Waals surface area (Å²) in [5.41, 5.74) is 0.472. The van der Waals surface area contributed by atoms with Gasteiger partial charge in [-0.3, -0.25) is 0 Å². The van der Waals surface area contributed by atoms with Crippen LogP contribution in [0.1, 0.15) is 39.0 Å². The van der Waals surface area contributed by atoms with Crippen LogP contribution in [0.25, 0.3) is 0 Å². The maximum absolute atomic E-state index is 11.8. The molecule has 2 aliphatic heterocycles. The molecule has 4 heteroatoms. The number of hydrogen-bond donors (Lipinski definition) is 1. The van der Waals surface area contributed by atoms with Gasteiger partial charge in [-0.15, -0.1) is 0 Å². The van der Waals surface area contributed by atoms with Crippen molar-refractivity contribution < 1.29 is 9.53 Å². The molecule has 0 radical (unpaired) electrons. The Labute approximate surface area is 104 Å². The van der Waals surface area contributed by atoms with E-state index in [1.165, 1.54) is 6.42 Å². The van der Waals surface area contributed by atoms with Crippen LogP contribution in [-0.2, 0) is 4.74 Å². The first-order chi connectivity index (χ1) is 8.26. The summed E-state index contributed by atoms with van der Waals surface area (Å²) in [6, 6.07) is 0. The Morgan fingerprint density at radius 2 is 2.12 bits per heavy atom. The van der Waals surface area contributed by atoms with E-state index in [9.17, 15) is 4.79 Å². The number of rotatable bonds is 3. The minimum atomic E-state index is -0.112. The highest BCUT2D eigenvalue weighted by Gasteiger charge is 2.38. The summed E-state index contributed by atoms with van der Waals surface area (Å²) in [5.74, 6) is 0. The lowest BCUT2D eigenvalue weighted by atomic mass is 9.78. The minimum Gasteiger partial charge on any atom is -0.449 e. The van der Waals surface area contributed by atoms with Crippen molar-refractivity contribution in [2.75, 3.05) is 32.8 Å². The zero-order chi connectivity index (χ0) is 12.1. The van der Waals surface area contributed by atoms with Gasteiger partial charge in [0.1, 0.15) is 0 Å². The summed E-state index contributed by atoms with van der Waals surface area (Å²) in [4.78, 5) is 13.6. The summed E-state index contributed by atoms with van der Waals surface area (Å²) in [6.07, 6.45) is 5.45. The SMILES string of the molecule is CCCCOC(=O)N1CCC2(CCNC2)CC1. The normalized spacial score (nSPS) is 23.0. The zero-order valence-electron chi connectivity index (χ0n) is 10.8. The third-order valence-corrected chi connectivity index (χ3v) is 4.14. The van der Waals surface area contributed by atoms with Crippen molar-refractivity contribution in [3.05, 3.63) is 0 Å². The Hall–Kier alpha value is -0.770. The number of unbranched alkanes of at least 4 members (excludes halogenated alkanes) is 1. The predicted molar refractivity (Wildman–Crippen MR) is 67.0 cm³/mol. The Morgan fingerprint density at radius 1 is 1.35 bits per heavy atom. The molecule has 1 spiro atoms. The lowest BCUT2D eigenvalue weighted by Crippen LogP contribution is -2.44. The molecule has 0 saturated carbocycles. The molecular weight excluding hydrogens is 216 g/mol. The van der Waals surface area contributed by atoms with E-state index in [-0.39, 0.29) is 6.09 Å². The molecule has 2 heterocycles. The van der Waals surface area contributed by atoms with Crippen LogP contribution in [0.4, 0.5) is 4.79 Å². The second-order valence-electron chi connectivity index (χ2n) is 5.38. The largest absolute Gasteiger partial charge is 0.449 e. The highest BCUT2D eigenvalue weighted by molar-refractivity contribution is 5.67. The average molecular weight is 240 g/mol. The number of hydrogen-bond acceptors (Lipinski definition) is 3. The van der Waals surface area contributed by atoms with E-state index in [0.717, 1.165) is 51.9 Å². The van der Waals surface area contributed by atoms with Crippen LogP contribution < -0.4 is 5.32 Å². The molecule has 1 N–H and O–H groups in total. The number of ether oxygens (including phenoxy) is 1. The molecule has 2 aliphatic rings. The highest BCUT2D eigenvalue weighted by atomic mass is 16.6.